The van der Waals surface area contributed by atoms with Gasteiger partial charge in [0.05, 0.1) is 0 Å². The first-order valence-electron chi connectivity index (χ1n) is 30.6. The number of para-hydroxylation sites is 1. The van der Waals surface area contributed by atoms with Crippen LogP contribution in [0.25, 0.3) is 10.9 Å². The van der Waals surface area contributed by atoms with Gasteiger partial charge < -0.3 is 64.7 Å². The van der Waals surface area contributed by atoms with Crippen LogP contribution < -0.4 is 59.7 Å². The van der Waals surface area contributed by atoms with Crippen LogP contribution in [0.2, 0.25) is 0 Å². The van der Waals surface area contributed by atoms with Gasteiger partial charge in [0, 0.05) is 68.3 Å². The van der Waals surface area contributed by atoms with E-state index in [4.69, 9.17) is 17.2 Å². The summed E-state index contributed by atoms with van der Waals surface area (Å²) in [6, 6.07) is 7.21. The molecule has 0 radical (unpaired) electrons. The van der Waals surface area contributed by atoms with Crippen LogP contribution in [-0.2, 0) is 56.0 Å². The van der Waals surface area contributed by atoms with E-state index in [1.165, 1.54) is 25.3 Å². The van der Waals surface area contributed by atoms with Crippen molar-refractivity contribution >= 4 is 76.2 Å². The first-order chi connectivity index (χ1) is 41.5. The zero-order valence-corrected chi connectivity index (χ0v) is 50.3. The highest BCUT2D eigenvalue weighted by molar-refractivity contribution is 5.98. The van der Waals surface area contributed by atoms with Crippen LogP contribution in [0.4, 0.5) is 0 Å². The van der Waals surface area contributed by atoms with E-state index in [9.17, 15) is 43.2 Å². The van der Waals surface area contributed by atoms with Crippen LogP contribution in [0, 0.1) is 0 Å². The number of H-pyrrole nitrogens is 1. The lowest BCUT2D eigenvalue weighted by Crippen LogP contribution is -2.60. The Morgan fingerprint density at radius 3 is 2.02 bits per heavy atom. The molecule has 23 nitrogen and oxygen atoms in total. The van der Waals surface area contributed by atoms with Gasteiger partial charge in [-0.1, -0.05) is 133 Å². The number of guanidine groups is 1. The number of unbranched alkanes of at least 4 members (excludes halogenated alkanes) is 8. The summed E-state index contributed by atoms with van der Waals surface area (Å²) >= 11 is 0. The van der Waals surface area contributed by atoms with Crippen molar-refractivity contribution in [3.8, 4) is 0 Å². The lowest BCUT2D eigenvalue weighted by Gasteiger charge is -2.28. The molecule has 1 fully saturated rings. The summed E-state index contributed by atoms with van der Waals surface area (Å²) in [5.74, 6) is -6.33. The summed E-state index contributed by atoms with van der Waals surface area (Å²) in [5, 5.41) is 23.3. The molecule has 9 amide bonds. The number of benzene rings is 2. The first kappa shape index (κ1) is 70.1. The largest absolute Gasteiger partial charge is 0.370 e. The molecule has 0 aliphatic carbocycles. The van der Waals surface area contributed by atoms with Crippen LogP contribution in [0.5, 0.6) is 0 Å². The molecular weight excluding hydrogens is 1100 g/mol. The van der Waals surface area contributed by atoms with Gasteiger partial charge in [0.1, 0.15) is 42.3 Å². The van der Waals surface area contributed by atoms with E-state index in [1.54, 1.807) is 48.7 Å². The Labute approximate surface area is 506 Å². The monoisotopic (exact) mass is 1190 g/mol. The Bertz CT molecular complexity index is 2740. The van der Waals surface area contributed by atoms with E-state index < -0.39 is 89.6 Å². The number of fused-ring (bicyclic) bond motifs is 1. The minimum absolute atomic E-state index is 0.0168. The fourth-order valence-corrected chi connectivity index (χ4v) is 9.98. The number of amides is 9. The minimum atomic E-state index is -1.39. The van der Waals surface area contributed by atoms with E-state index in [0.717, 1.165) is 43.0 Å². The Kier molecular flexibility index (Phi) is 32.6. The zero-order chi connectivity index (χ0) is 62.5. The number of nitrogens with zero attached hydrogens (tertiary/aromatic N) is 2. The zero-order valence-electron chi connectivity index (χ0n) is 50.3. The molecule has 3 aromatic rings. The summed E-state index contributed by atoms with van der Waals surface area (Å²) in [7, 11) is 0. The Hall–Kier alpha value is -8.37. The number of nitrogens with one attached hydrogen (secondary N) is 9. The smallest absolute Gasteiger partial charge is 0.243 e. The van der Waals surface area contributed by atoms with Gasteiger partial charge in [-0.3, -0.25) is 53.1 Å². The van der Waals surface area contributed by atoms with Crippen molar-refractivity contribution in [2.45, 2.75) is 204 Å². The van der Waals surface area contributed by atoms with Crippen molar-refractivity contribution in [1.29, 1.82) is 0 Å². The lowest BCUT2D eigenvalue weighted by atomic mass is 10.0. The molecular formula is C63H94N14O9. The number of aromatic amines is 1. The fourth-order valence-electron chi connectivity index (χ4n) is 9.98. The number of carbonyl (C=O) groups is 9. The number of allylic oxidation sites excluding steroid dienone is 2. The summed E-state index contributed by atoms with van der Waals surface area (Å²) in [5.41, 5.74) is 19.2. The van der Waals surface area contributed by atoms with Gasteiger partial charge >= 0.3 is 0 Å². The topological polar surface area (TPSA) is 368 Å². The molecule has 2 heterocycles. The SMILES string of the molecule is C=CN=C/C=C\CC[C@@H]1NC(=O)[C@@H](NC(=O)[C@H](CCCC)NC(=O)CCCCCCCCCC)CCC(=O)NCCCC[C@@H](C(N)=O)NC(=O)[C@H](Cc2c[nH]c3ccccc23)NC(=O)[C@H](CCCN=C(N)N)NC(=O)[C@@H](Cc2ccccc2)NC1=O. The van der Waals surface area contributed by atoms with Gasteiger partial charge in [0.25, 0.3) is 0 Å². The molecule has 1 aromatic heterocycles. The van der Waals surface area contributed by atoms with Crippen LogP contribution >= 0.6 is 0 Å². The van der Waals surface area contributed by atoms with E-state index in [1.807, 2.05) is 31.2 Å². The number of primary amides is 1. The molecule has 1 aliphatic heterocycles. The average molecular weight is 1190 g/mol. The summed E-state index contributed by atoms with van der Waals surface area (Å²) in [6.45, 7) is 7.91. The number of aromatic nitrogens is 1. The first-order valence-corrected chi connectivity index (χ1v) is 30.6. The van der Waals surface area contributed by atoms with Crippen LogP contribution in [0.15, 0.2) is 95.7 Å². The molecule has 1 saturated heterocycles. The Balaban J connectivity index is 1.75. The second-order valence-electron chi connectivity index (χ2n) is 21.8. The van der Waals surface area contributed by atoms with E-state index in [-0.39, 0.29) is 95.6 Å². The summed E-state index contributed by atoms with van der Waals surface area (Å²) in [6.07, 6.45) is 18.5. The van der Waals surface area contributed by atoms with E-state index >= 15 is 0 Å². The average Bonchev–Trinajstić information content (AvgIpc) is 3.93. The van der Waals surface area contributed by atoms with E-state index in [0.29, 0.717) is 43.2 Å². The summed E-state index contributed by atoms with van der Waals surface area (Å²) < 4.78 is 0. The maximum atomic E-state index is 14.9. The molecule has 4 rings (SSSR count). The molecule has 7 atom stereocenters. The highest BCUT2D eigenvalue weighted by Gasteiger charge is 2.35. The number of rotatable bonds is 29. The molecule has 86 heavy (non-hydrogen) atoms. The number of carbonyl (C=O) groups excluding carboxylic acids is 9. The molecule has 0 saturated carbocycles. The van der Waals surface area contributed by atoms with Crippen molar-refractivity contribution in [1.82, 2.24) is 47.5 Å². The number of nitrogens with two attached hydrogens (primary N) is 3. The van der Waals surface area contributed by atoms with Gasteiger partial charge in [-0.05, 0) is 87.5 Å². The quantitative estimate of drug-likeness (QED) is 0.0265. The summed E-state index contributed by atoms with van der Waals surface area (Å²) in [4.78, 5) is 139. The fraction of sp³-hybridized carbons (Fsp3) is 0.540. The number of aliphatic imine (C=N–C) groups is 2. The number of hydrogen-bond acceptors (Lipinski definition) is 11. The maximum absolute atomic E-state index is 14.9. The molecule has 2 aromatic carbocycles. The molecule has 0 bridgehead atoms. The molecule has 0 spiro atoms. The molecule has 23 heteroatoms. The third kappa shape index (κ3) is 26.7. The maximum Gasteiger partial charge on any atom is 0.243 e. The third-order valence-electron chi connectivity index (χ3n) is 14.8. The molecule has 1 aliphatic rings. The van der Waals surface area contributed by atoms with Crippen molar-refractivity contribution in [3.63, 3.8) is 0 Å². The normalized spacial score (nSPS) is 20.3. The standard InChI is InChI=1S/C63H94N14O9/c1-4-7-9-10-11-12-13-19-34-55(79)71-48(29-8-5-2)57(81)75-51-35-36-54(78)68-38-24-22-31-47(56(64)80)72-62(86)53(41-44-42-70-46-30-21-20-28-45(44)46)77-59(83)50(33-25-39-69-63(65)66)74-61(85)52(40-43-26-16-14-17-27-43)76-58(82)49(73-60(51)84)32-18-15-23-37-67-6-3/h6,14-17,20-21,23,26-28,30,37,42,47-53,70H,3-5,7-13,18-19,22,24-25,29,31-36,38-41H2,1-2H3,(H2,64,80)(H,68,78)(H,71,79)(H,72,86)(H,73,84)(H,74,85)(H,75,81)(H,76,82)(H,77,83)(H4,65,66,69)/b23-15-,67-37?/t47-,48-,49-,50-,51-,52+,53-/m0/s1. The van der Waals surface area contributed by atoms with Crippen LogP contribution in [0.3, 0.4) is 0 Å². The van der Waals surface area contributed by atoms with Crippen molar-refractivity contribution in [2.75, 3.05) is 13.1 Å². The highest BCUT2D eigenvalue weighted by atomic mass is 16.2. The molecule has 15 N–H and O–H groups in total. The second-order valence-corrected chi connectivity index (χ2v) is 21.8. The Morgan fingerprint density at radius 2 is 1.33 bits per heavy atom. The van der Waals surface area contributed by atoms with Crippen molar-refractivity contribution in [2.24, 2.45) is 27.2 Å². The van der Waals surface area contributed by atoms with Crippen molar-refractivity contribution in [3.05, 3.63) is 96.9 Å². The van der Waals surface area contributed by atoms with Crippen LogP contribution in [-0.4, -0.2) is 126 Å². The highest BCUT2D eigenvalue weighted by Crippen LogP contribution is 2.20. The predicted molar refractivity (Wildman–Crippen MR) is 335 cm³/mol. The molecule has 0 unspecified atom stereocenters. The number of hydrogen-bond donors (Lipinski definition) is 12. The van der Waals surface area contributed by atoms with Gasteiger partial charge in [-0.2, -0.15) is 0 Å². The van der Waals surface area contributed by atoms with E-state index in [2.05, 4.69) is 71.0 Å². The van der Waals surface area contributed by atoms with Gasteiger partial charge in [-0.25, -0.2) is 0 Å². The molecule has 470 valence electrons. The third-order valence-corrected chi connectivity index (χ3v) is 14.8. The minimum Gasteiger partial charge on any atom is -0.370 e. The Morgan fingerprint density at radius 1 is 0.698 bits per heavy atom. The van der Waals surface area contributed by atoms with Crippen LogP contribution in [0.1, 0.15) is 160 Å². The lowest BCUT2D eigenvalue weighted by molar-refractivity contribution is -0.136. The van der Waals surface area contributed by atoms with Gasteiger partial charge in [-0.15, -0.1) is 0 Å². The second kappa shape index (κ2) is 40.0. The van der Waals surface area contributed by atoms with Gasteiger partial charge in [0.15, 0.2) is 5.96 Å². The predicted octanol–water partition coefficient (Wildman–Crippen LogP) is 4.24. The van der Waals surface area contributed by atoms with Crippen molar-refractivity contribution < 1.29 is 43.2 Å². The van der Waals surface area contributed by atoms with Gasteiger partial charge in [0.2, 0.25) is 53.2 Å².